The second kappa shape index (κ2) is 3.72. The molecule has 0 aliphatic rings. The Bertz CT molecular complexity index is 309. The highest BCUT2D eigenvalue weighted by atomic mass is 79.9. The lowest BCUT2D eigenvalue weighted by Gasteiger charge is -2.06. The van der Waals surface area contributed by atoms with E-state index in [9.17, 15) is 4.39 Å². The van der Waals surface area contributed by atoms with Crippen molar-refractivity contribution < 1.29 is 9.13 Å². The average molecular weight is 231 g/mol. The molecule has 0 heterocycles. The van der Waals surface area contributed by atoms with Crippen molar-refractivity contribution >= 4 is 20.4 Å². The molecular formula is C9H8BrFO. The summed E-state index contributed by atoms with van der Waals surface area (Å²) in [5.41, 5.74) is 0.637. The minimum absolute atomic E-state index is 0.300. The molecule has 0 saturated heterocycles. The summed E-state index contributed by atoms with van der Waals surface area (Å²) in [6.07, 6.45) is 0. The molecule has 0 amide bonds. The van der Waals surface area contributed by atoms with Crippen LogP contribution >= 0.6 is 15.9 Å². The molecular weight excluding hydrogens is 223 g/mol. The van der Waals surface area contributed by atoms with Crippen molar-refractivity contribution in [3.05, 3.63) is 36.2 Å². The Hall–Kier alpha value is -0.830. The summed E-state index contributed by atoms with van der Waals surface area (Å²) in [5.74, 6) is 0.310. The molecule has 0 fully saturated rings. The van der Waals surface area contributed by atoms with Gasteiger partial charge in [-0.3, -0.25) is 0 Å². The van der Waals surface area contributed by atoms with Gasteiger partial charge in [0, 0.05) is 10.0 Å². The molecule has 0 atom stereocenters. The van der Waals surface area contributed by atoms with Crippen molar-refractivity contribution in [1.29, 1.82) is 0 Å². The van der Waals surface area contributed by atoms with Gasteiger partial charge in [0.15, 0.2) is 0 Å². The molecule has 0 N–H and O–H groups in total. The maximum atomic E-state index is 12.7. The van der Waals surface area contributed by atoms with Crippen LogP contribution in [0.15, 0.2) is 24.8 Å². The second-order valence-corrected chi connectivity index (χ2v) is 3.21. The fraction of sp³-hybridized carbons (Fsp3) is 0.111. The van der Waals surface area contributed by atoms with Gasteiger partial charge in [-0.1, -0.05) is 22.5 Å². The third-order valence-electron chi connectivity index (χ3n) is 1.45. The van der Waals surface area contributed by atoms with Gasteiger partial charge in [-0.2, -0.15) is 0 Å². The average Bonchev–Trinajstić information content (AvgIpc) is 2.04. The van der Waals surface area contributed by atoms with Crippen LogP contribution in [-0.4, -0.2) is 7.11 Å². The zero-order valence-electron chi connectivity index (χ0n) is 6.60. The van der Waals surface area contributed by atoms with Gasteiger partial charge in [0.05, 0.1) is 7.11 Å². The van der Waals surface area contributed by atoms with Crippen molar-refractivity contribution in [2.24, 2.45) is 0 Å². The normalized spacial score (nSPS) is 9.58. The van der Waals surface area contributed by atoms with E-state index in [-0.39, 0.29) is 5.82 Å². The molecule has 0 aliphatic carbocycles. The van der Waals surface area contributed by atoms with Crippen molar-refractivity contribution in [1.82, 2.24) is 0 Å². The van der Waals surface area contributed by atoms with E-state index in [0.717, 1.165) is 0 Å². The Morgan fingerprint density at radius 1 is 1.58 bits per heavy atom. The summed E-state index contributed by atoms with van der Waals surface area (Å²) in [7, 11) is 1.53. The third-order valence-corrected chi connectivity index (χ3v) is 1.88. The van der Waals surface area contributed by atoms with E-state index in [1.807, 2.05) is 0 Å². The quantitative estimate of drug-likeness (QED) is 0.759. The molecule has 0 unspecified atom stereocenters. The van der Waals surface area contributed by atoms with Crippen LogP contribution in [0, 0.1) is 5.82 Å². The number of ether oxygens (including phenoxy) is 1. The fourth-order valence-electron chi connectivity index (χ4n) is 0.892. The molecule has 0 bridgehead atoms. The van der Waals surface area contributed by atoms with E-state index >= 15 is 0 Å². The van der Waals surface area contributed by atoms with E-state index in [1.54, 1.807) is 6.07 Å². The largest absolute Gasteiger partial charge is 0.496 e. The molecule has 1 rings (SSSR count). The van der Waals surface area contributed by atoms with Crippen LogP contribution in [-0.2, 0) is 0 Å². The first-order valence-electron chi connectivity index (χ1n) is 3.33. The fourth-order valence-corrected chi connectivity index (χ4v) is 1.20. The van der Waals surface area contributed by atoms with Gasteiger partial charge in [0.2, 0.25) is 0 Å². The zero-order chi connectivity index (χ0) is 9.14. The molecule has 1 nitrogen and oxygen atoms in total. The summed E-state index contributed by atoms with van der Waals surface area (Å²) < 4.78 is 18.3. The maximum absolute atomic E-state index is 12.7. The Kier molecular flexibility index (Phi) is 2.87. The third kappa shape index (κ3) is 1.85. The van der Waals surface area contributed by atoms with Gasteiger partial charge in [-0.25, -0.2) is 4.39 Å². The van der Waals surface area contributed by atoms with E-state index in [4.69, 9.17) is 4.74 Å². The lowest BCUT2D eigenvalue weighted by atomic mass is 10.2. The van der Waals surface area contributed by atoms with Crippen molar-refractivity contribution in [3.8, 4) is 5.75 Å². The van der Waals surface area contributed by atoms with E-state index in [0.29, 0.717) is 15.8 Å². The minimum atomic E-state index is -0.300. The molecule has 3 heteroatoms. The highest BCUT2D eigenvalue weighted by molar-refractivity contribution is 9.15. The topological polar surface area (TPSA) is 9.23 Å². The molecule has 1 aromatic carbocycles. The molecule has 1 aromatic rings. The first-order chi connectivity index (χ1) is 5.65. The van der Waals surface area contributed by atoms with Crippen LogP contribution in [0.1, 0.15) is 5.56 Å². The SMILES string of the molecule is C=C(Br)c1cc(F)ccc1OC. The predicted octanol–water partition coefficient (Wildman–Crippen LogP) is 3.20. The summed E-state index contributed by atoms with van der Waals surface area (Å²) in [6.45, 7) is 3.65. The van der Waals surface area contributed by atoms with Gasteiger partial charge in [-0.15, -0.1) is 0 Å². The van der Waals surface area contributed by atoms with Gasteiger partial charge >= 0.3 is 0 Å². The first-order valence-corrected chi connectivity index (χ1v) is 4.12. The van der Waals surface area contributed by atoms with Crippen LogP contribution in [0.2, 0.25) is 0 Å². The van der Waals surface area contributed by atoms with E-state index in [2.05, 4.69) is 22.5 Å². The van der Waals surface area contributed by atoms with Crippen LogP contribution in [0.25, 0.3) is 4.48 Å². The van der Waals surface area contributed by atoms with Crippen molar-refractivity contribution in [2.45, 2.75) is 0 Å². The Morgan fingerprint density at radius 2 is 2.25 bits per heavy atom. The highest BCUT2D eigenvalue weighted by Gasteiger charge is 2.05. The maximum Gasteiger partial charge on any atom is 0.127 e. The van der Waals surface area contributed by atoms with E-state index in [1.165, 1.54) is 19.2 Å². The Labute approximate surface area is 79.0 Å². The smallest absolute Gasteiger partial charge is 0.127 e. The number of hydrogen-bond donors (Lipinski definition) is 0. The number of rotatable bonds is 2. The van der Waals surface area contributed by atoms with Crippen LogP contribution < -0.4 is 4.74 Å². The lowest BCUT2D eigenvalue weighted by Crippen LogP contribution is -1.89. The van der Waals surface area contributed by atoms with Gasteiger partial charge in [0.1, 0.15) is 11.6 Å². The summed E-state index contributed by atoms with van der Waals surface area (Å²) in [4.78, 5) is 0. The summed E-state index contributed by atoms with van der Waals surface area (Å²) in [5, 5.41) is 0. The van der Waals surface area contributed by atoms with Crippen molar-refractivity contribution in [3.63, 3.8) is 0 Å². The van der Waals surface area contributed by atoms with Crippen LogP contribution in [0.3, 0.4) is 0 Å². The summed E-state index contributed by atoms with van der Waals surface area (Å²) >= 11 is 3.17. The van der Waals surface area contributed by atoms with E-state index < -0.39 is 0 Å². The Balaban J connectivity index is 3.21. The predicted molar refractivity (Wildman–Crippen MR) is 50.9 cm³/mol. The first kappa shape index (κ1) is 9.26. The van der Waals surface area contributed by atoms with Gasteiger partial charge in [0.25, 0.3) is 0 Å². The molecule has 64 valence electrons. The standard InChI is InChI=1S/C9H8BrFO/c1-6(10)8-5-7(11)3-4-9(8)12-2/h3-5H,1H2,2H3. The van der Waals surface area contributed by atoms with Gasteiger partial charge < -0.3 is 4.74 Å². The second-order valence-electron chi connectivity index (χ2n) is 2.25. The summed E-state index contributed by atoms with van der Waals surface area (Å²) in [6, 6.07) is 4.28. The highest BCUT2D eigenvalue weighted by Crippen LogP contribution is 2.28. The molecule has 0 aromatic heterocycles. The monoisotopic (exact) mass is 230 g/mol. The number of hydrogen-bond acceptors (Lipinski definition) is 1. The molecule has 0 radical (unpaired) electrons. The number of benzene rings is 1. The van der Waals surface area contributed by atoms with Crippen LogP contribution in [0.4, 0.5) is 4.39 Å². The number of halogens is 2. The molecule has 0 aliphatic heterocycles. The lowest BCUT2D eigenvalue weighted by molar-refractivity contribution is 0.412. The molecule has 0 spiro atoms. The van der Waals surface area contributed by atoms with Crippen molar-refractivity contribution in [2.75, 3.05) is 7.11 Å². The molecule has 12 heavy (non-hydrogen) atoms. The van der Waals surface area contributed by atoms with Gasteiger partial charge in [-0.05, 0) is 18.2 Å². The van der Waals surface area contributed by atoms with Crippen LogP contribution in [0.5, 0.6) is 5.75 Å². The zero-order valence-corrected chi connectivity index (χ0v) is 8.19. The molecule has 0 saturated carbocycles. The Morgan fingerprint density at radius 3 is 2.75 bits per heavy atom. The minimum Gasteiger partial charge on any atom is -0.496 e. The number of methoxy groups -OCH3 is 1.